The lowest BCUT2D eigenvalue weighted by molar-refractivity contribution is -0.130. The van der Waals surface area contributed by atoms with Crippen LogP contribution in [0.3, 0.4) is 0 Å². The number of aryl methyl sites for hydroxylation is 3. The average Bonchev–Trinajstić information content (AvgIpc) is 3.21. The highest BCUT2D eigenvalue weighted by Gasteiger charge is 2.20. The summed E-state index contributed by atoms with van der Waals surface area (Å²) in [6.07, 6.45) is 5.03. The minimum Gasteiger partial charge on any atom is -0.344 e. The van der Waals surface area contributed by atoms with Crippen LogP contribution in [0.15, 0.2) is 18.3 Å². The maximum absolute atomic E-state index is 12.6. The second-order valence-electron chi connectivity index (χ2n) is 7.28. The Morgan fingerprint density at radius 3 is 2.92 bits per heavy atom. The van der Waals surface area contributed by atoms with Gasteiger partial charge in [-0.1, -0.05) is 0 Å². The third kappa shape index (κ3) is 4.52. The van der Waals surface area contributed by atoms with Crippen LogP contribution in [0.1, 0.15) is 42.3 Å². The second-order valence-corrected chi connectivity index (χ2v) is 7.28. The molecule has 2 aromatic heterocycles. The van der Waals surface area contributed by atoms with Crippen molar-refractivity contribution in [1.82, 2.24) is 29.8 Å². The summed E-state index contributed by atoms with van der Waals surface area (Å²) in [6.45, 7) is 7.99. The molecule has 1 amide bonds. The first-order valence-corrected chi connectivity index (χ1v) is 9.52. The van der Waals surface area contributed by atoms with E-state index in [-0.39, 0.29) is 5.91 Å². The number of amides is 1. The van der Waals surface area contributed by atoms with Gasteiger partial charge in [0.15, 0.2) is 0 Å². The van der Waals surface area contributed by atoms with Crippen molar-refractivity contribution in [1.29, 1.82) is 0 Å². The van der Waals surface area contributed by atoms with Crippen molar-refractivity contribution in [3.05, 3.63) is 35.4 Å². The summed E-state index contributed by atoms with van der Waals surface area (Å²) in [7, 11) is 1.87. The first kappa shape index (κ1) is 18.6. The number of likely N-dealkylation sites (N-methyl/N-ethyl adjacent to an activating group) is 1. The number of piperidine rings is 1. The normalized spacial score (nSPS) is 17.4. The molecular weight excluding hydrogens is 328 g/mol. The van der Waals surface area contributed by atoms with Crippen LogP contribution in [-0.2, 0) is 17.9 Å². The molecule has 0 spiro atoms. The first-order valence-electron chi connectivity index (χ1n) is 9.52. The number of carbonyl (C=O) groups is 1. The van der Waals surface area contributed by atoms with E-state index in [9.17, 15) is 4.79 Å². The molecule has 7 nitrogen and oxygen atoms in total. The number of aromatic nitrogens is 4. The average molecular weight is 358 g/mol. The lowest BCUT2D eigenvalue weighted by Crippen LogP contribution is -2.34. The third-order valence-corrected chi connectivity index (χ3v) is 5.14. The van der Waals surface area contributed by atoms with Crippen molar-refractivity contribution in [3.63, 3.8) is 0 Å². The Morgan fingerprint density at radius 1 is 1.38 bits per heavy atom. The van der Waals surface area contributed by atoms with E-state index in [1.54, 1.807) is 11.1 Å². The van der Waals surface area contributed by atoms with Gasteiger partial charge in [0.05, 0.1) is 5.69 Å². The quantitative estimate of drug-likeness (QED) is 0.818. The molecular formula is C19H30N6O. The number of nitrogens with one attached hydrogen (secondary N) is 1. The predicted octanol–water partition coefficient (Wildman–Crippen LogP) is 1.71. The van der Waals surface area contributed by atoms with Gasteiger partial charge in [-0.25, -0.2) is 0 Å². The number of nitrogens with zero attached hydrogens (tertiary/aromatic N) is 5. The number of hydrogen-bond acceptors (Lipinski definition) is 4. The van der Waals surface area contributed by atoms with E-state index in [4.69, 9.17) is 0 Å². The molecule has 0 unspecified atom stereocenters. The Morgan fingerprint density at radius 2 is 2.23 bits per heavy atom. The lowest BCUT2D eigenvalue weighted by atomic mass is 9.96. The summed E-state index contributed by atoms with van der Waals surface area (Å²) in [6, 6.07) is 4.13. The summed E-state index contributed by atoms with van der Waals surface area (Å²) in [5.74, 6) is 0.558. The number of hydrogen-bond donors (Lipinski definition) is 1. The molecule has 142 valence electrons. The number of rotatable bonds is 7. The Hall–Kier alpha value is -2.15. The zero-order chi connectivity index (χ0) is 18.5. The molecule has 0 aromatic carbocycles. The Balaban J connectivity index is 1.50. The fourth-order valence-electron chi connectivity index (χ4n) is 3.66. The molecule has 1 aliphatic rings. The highest BCUT2D eigenvalue weighted by molar-refractivity contribution is 5.75. The highest BCUT2D eigenvalue weighted by atomic mass is 16.2. The van der Waals surface area contributed by atoms with Gasteiger partial charge in [-0.2, -0.15) is 10.2 Å². The van der Waals surface area contributed by atoms with Crippen LogP contribution < -0.4 is 5.32 Å². The standard InChI is InChI=1S/C19H30N6O/c1-15-12-16(2)24(22-15)11-5-10-23(3)19(26)14-25-18(7-9-21-25)17-6-4-8-20-13-17/h7,9,12,17,20H,4-6,8,10-11,13-14H2,1-3H3/t17-/m0/s1. The van der Waals surface area contributed by atoms with E-state index in [0.29, 0.717) is 12.5 Å². The van der Waals surface area contributed by atoms with Crippen molar-refractivity contribution in [2.45, 2.75) is 52.1 Å². The molecule has 0 saturated carbocycles. The molecule has 0 aliphatic carbocycles. The Labute approximate surface area is 155 Å². The van der Waals surface area contributed by atoms with Crippen LogP contribution in [0, 0.1) is 13.8 Å². The zero-order valence-corrected chi connectivity index (χ0v) is 16.1. The summed E-state index contributed by atoms with van der Waals surface area (Å²) < 4.78 is 3.88. The van der Waals surface area contributed by atoms with E-state index in [1.807, 2.05) is 29.4 Å². The van der Waals surface area contributed by atoms with E-state index in [0.717, 1.165) is 44.7 Å². The van der Waals surface area contributed by atoms with Crippen LogP contribution in [0.4, 0.5) is 0 Å². The monoisotopic (exact) mass is 358 g/mol. The molecule has 0 radical (unpaired) electrons. The SMILES string of the molecule is Cc1cc(C)n(CCCN(C)C(=O)Cn2nccc2[C@H]2CCCNC2)n1. The lowest BCUT2D eigenvalue weighted by Gasteiger charge is -2.24. The molecule has 1 fully saturated rings. The molecule has 2 aromatic rings. The molecule has 26 heavy (non-hydrogen) atoms. The molecule has 3 heterocycles. The van der Waals surface area contributed by atoms with Crippen LogP contribution in [0.25, 0.3) is 0 Å². The predicted molar refractivity (Wildman–Crippen MR) is 101 cm³/mol. The van der Waals surface area contributed by atoms with Crippen molar-refractivity contribution in [3.8, 4) is 0 Å². The largest absolute Gasteiger partial charge is 0.344 e. The van der Waals surface area contributed by atoms with Crippen molar-refractivity contribution >= 4 is 5.91 Å². The van der Waals surface area contributed by atoms with Crippen molar-refractivity contribution < 1.29 is 4.79 Å². The van der Waals surface area contributed by atoms with Gasteiger partial charge in [0, 0.05) is 50.2 Å². The second kappa shape index (κ2) is 8.49. The van der Waals surface area contributed by atoms with Gasteiger partial charge >= 0.3 is 0 Å². The van der Waals surface area contributed by atoms with E-state index >= 15 is 0 Å². The smallest absolute Gasteiger partial charge is 0.244 e. The van der Waals surface area contributed by atoms with Crippen LogP contribution in [-0.4, -0.2) is 57.1 Å². The maximum atomic E-state index is 12.6. The summed E-state index contributed by atoms with van der Waals surface area (Å²) in [4.78, 5) is 14.4. The minimum atomic E-state index is 0.104. The van der Waals surface area contributed by atoms with Gasteiger partial charge in [0.1, 0.15) is 6.54 Å². The van der Waals surface area contributed by atoms with Crippen LogP contribution in [0.5, 0.6) is 0 Å². The van der Waals surface area contributed by atoms with Gasteiger partial charge in [0.2, 0.25) is 5.91 Å². The fourth-order valence-corrected chi connectivity index (χ4v) is 3.66. The fraction of sp³-hybridized carbons (Fsp3) is 0.632. The Kier molecular flexibility index (Phi) is 6.08. The zero-order valence-electron chi connectivity index (χ0n) is 16.1. The molecule has 1 atom stereocenters. The third-order valence-electron chi connectivity index (χ3n) is 5.14. The van der Waals surface area contributed by atoms with Gasteiger partial charge in [-0.05, 0) is 51.8 Å². The molecule has 1 saturated heterocycles. The summed E-state index contributed by atoms with van der Waals surface area (Å²) in [5.41, 5.74) is 3.37. The van der Waals surface area contributed by atoms with Gasteiger partial charge in [0.25, 0.3) is 0 Å². The van der Waals surface area contributed by atoms with Crippen LogP contribution in [0.2, 0.25) is 0 Å². The highest BCUT2D eigenvalue weighted by Crippen LogP contribution is 2.22. The van der Waals surface area contributed by atoms with E-state index in [1.165, 1.54) is 17.8 Å². The van der Waals surface area contributed by atoms with Crippen molar-refractivity contribution in [2.75, 3.05) is 26.7 Å². The van der Waals surface area contributed by atoms with Crippen LogP contribution >= 0.6 is 0 Å². The van der Waals surface area contributed by atoms with E-state index in [2.05, 4.69) is 28.5 Å². The van der Waals surface area contributed by atoms with Gasteiger partial charge < -0.3 is 10.2 Å². The minimum absolute atomic E-state index is 0.104. The summed E-state index contributed by atoms with van der Waals surface area (Å²) >= 11 is 0. The molecule has 0 bridgehead atoms. The van der Waals surface area contributed by atoms with Gasteiger partial charge in [-0.3, -0.25) is 14.2 Å². The summed E-state index contributed by atoms with van der Waals surface area (Å²) in [5, 5.41) is 12.3. The molecule has 3 rings (SSSR count). The molecule has 1 N–H and O–H groups in total. The van der Waals surface area contributed by atoms with E-state index < -0.39 is 0 Å². The maximum Gasteiger partial charge on any atom is 0.244 e. The number of carbonyl (C=O) groups excluding carboxylic acids is 1. The van der Waals surface area contributed by atoms with Gasteiger partial charge in [-0.15, -0.1) is 0 Å². The van der Waals surface area contributed by atoms with Crippen molar-refractivity contribution in [2.24, 2.45) is 0 Å². The molecule has 1 aliphatic heterocycles. The first-order chi connectivity index (χ1) is 12.5. The topological polar surface area (TPSA) is 68.0 Å². The molecule has 7 heteroatoms. The Bertz CT molecular complexity index is 728.